The van der Waals surface area contributed by atoms with Gasteiger partial charge in [0.25, 0.3) is 0 Å². The molecule has 0 radical (unpaired) electrons. The highest BCUT2D eigenvalue weighted by atomic mass is 16.3. The van der Waals surface area contributed by atoms with Gasteiger partial charge in [-0.1, -0.05) is 13.8 Å². The van der Waals surface area contributed by atoms with Crippen LogP contribution in [0.1, 0.15) is 37.4 Å². The molecule has 0 amide bonds. The lowest BCUT2D eigenvalue weighted by molar-refractivity contribution is 0.336. The number of fused-ring (bicyclic) bond motifs is 2. The molecule has 3 rings (SSSR count). The van der Waals surface area contributed by atoms with Crippen LogP contribution in [0.25, 0.3) is 0 Å². The Hall–Kier alpha value is -0.760. The minimum Gasteiger partial charge on any atom is -0.466 e. The molecule has 2 heterocycles. The Morgan fingerprint density at radius 2 is 2.47 bits per heavy atom. The van der Waals surface area contributed by atoms with Gasteiger partial charge in [0, 0.05) is 30.4 Å². The van der Waals surface area contributed by atoms with E-state index in [9.17, 15) is 0 Å². The second-order valence-corrected chi connectivity index (χ2v) is 5.09. The smallest absolute Gasteiger partial charge is 0.108 e. The first-order valence-electron chi connectivity index (χ1n) is 6.09. The minimum atomic E-state index is 0.395. The van der Waals surface area contributed by atoms with Gasteiger partial charge in [0.2, 0.25) is 0 Å². The quantitative estimate of drug-likeness (QED) is 0.761. The molecule has 1 aromatic rings. The zero-order valence-corrected chi connectivity index (χ0v) is 9.60. The van der Waals surface area contributed by atoms with Crippen LogP contribution in [-0.4, -0.2) is 13.1 Å². The zero-order valence-electron chi connectivity index (χ0n) is 9.60. The van der Waals surface area contributed by atoms with Crippen molar-refractivity contribution >= 4 is 0 Å². The molecule has 0 bridgehead atoms. The highest BCUT2D eigenvalue weighted by Crippen LogP contribution is 2.48. The second-order valence-electron chi connectivity index (χ2n) is 5.09. The van der Waals surface area contributed by atoms with E-state index in [1.165, 1.54) is 17.7 Å². The van der Waals surface area contributed by atoms with Gasteiger partial charge >= 0.3 is 0 Å². The maximum absolute atomic E-state index is 5.90. The third-order valence-electron chi connectivity index (χ3n) is 4.37. The fraction of sp³-hybridized carbons (Fsp3) is 0.692. The van der Waals surface area contributed by atoms with Crippen LogP contribution in [0.5, 0.6) is 0 Å². The highest BCUT2D eigenvalue weighted by molar-refractivity contribution is 5.38. The van der Waals surface area contributed by atoms with Crippen molar-refractivity contribution in [2.45, 2.75) is 38.5 Å². The largest absolute Gasteiger partial charge is 0.466 e. The van der Waals surface area contributed by atoms with Gasteiger partial charge in [0.1, 0.15) is 11.5 Å². The Morgan fingerprint density at radius 1 is 1.60 bits per heavy atom. The molecule has 1 aliphatic carbocycles. The molecule has 0 saturated carbocycles. The summed E-state index contributed by atoms with van der Waals surface area (Å²) in [6.45, 7) is 6.84. The molecule has 2 unspecified atom stereocenters. The Kier molecular flexibility index (Phi) is 1.96. The minimum absolute atomic E-state index is 0.395. The van der Waals surface area contributed by atoms with Crippen LogP contribution in [0.15, 0.2) is 10.5 Å². The predicted octanol–water partition coefficient (Wildman–Crippen LogP) is 2.27. The molecular weight excluding hydrogens is 186 g/mol. The van der Waals surface area contributed by atoms with Crippen molar-refractivity contribution in [3.05, 3.63) is 23.2 Å². The van der Waals surface area contributed by atoms with Crippen molar-refractivity contribution < 1.29 is 4.42 Å². The number of nitrogens with one attached hydrogen (secondary N) is 1. The average molecular weight is 205 g/mol. The molecule has 2 atom stereocenters. The summed E-state index contributed by atoms with van der Waals surface area (Å²) in [5.74, 6) is 3.17. The lowest BCUT2D eigenvalue weighted by Gasteiger charge is -2.28. The lowest BCUT2D eigenvalue weighted by atomic mass is 9.75. The van der Waals surface area contributed by atoms with E-state index >= 15 is 0 Å². The number of furan rings is 1. The summed E-state index contributed by atoms with van der Waals surface area (Å²) in [6.07, 6.45) is 3.44. The Balaban J connectivity index is 2.06. The van der Waals surface area contributed by atoms with Crippen molar-refractivity contribution in [2.24, 2.45) is 5.92 Å². The summed E-state index contributed by atoms with van der Waals surface area (Å²) in [4.78, 5) is 0. The third-order valence-corrected chi connectivity index (χ3v) is 4.37. The molecule has 1 aliphatic heterocycles. The Bertz CT molecular complexity index is 374. The molecular formula is C13H19NO. The highest BCUT2D eigenvalue weighted by Gasteiger charge is 2.48. The number of aryl methyl sites for hydroxylation is 1. The monoisotopic (exact) mass is 205 g/mol. The first-order chi connectivity index (χ1) is 7.26. The Labute approximate surface area is 91.0 Å². The van der Waals surface area contributed by atoms with Gasteiger partial charge in [0.15, 0.2) is 0 Å². The van der Waals surface area contributed by atoms with Crippen molar-refractivity contribution in [2.75, 3.05) is 13.1 Å². The molecule has 1 aromatic heterocycles. The van der Waals surface area contributed by atoms with E-state index in [1.807, 2.05) is 0 Å². The fourth-order valence-electron chi connectivity index (χ4n) is 3.33. The van der Waals surface area contributed by atoms with E-state index in [0.29, 0.717) is 5.41 Å². The molecule has 2 aliphatic rings. The molecule has 2 nitrogen and oxygen atoms in total. The van der Waals surface area contributed by atoms with E-state index in [2.05, 4.69) is 25.2 Å². The molecule has 1 N–H and O–H groups in total. The van der Waals surface area contributed by atoms with Crippen molar-refractivity contribution in [3.8, 4) is 0 Å². The van der Waals surface area contributed by atoms with Gasteiger partial charge in [-0.3, -0.25) is 0 Å². The van der Waals surface area contributed by atoms with Crippen molar-refractivity contribution in [3.63, 3.8) is 0 Å². The molecule has 1 spiro atoms. The van der Waals surface area contributed by atoms with Crippen molar-refractivity contribution in [1.29, 1.82) is 0 Å². The molecule has 0 aromatic carbocycles. The van der Waals surface area contributed by atoms with Crippen LogP contribution >= 0.6 is 0 Å². The Morgan fingerprint density at radius 3 is 3.13 bits per heavy atom. The summed E-state index contributed by atoms with van der Waals surface area (Å²) in [7, 11) is 0. The molecule has 15 heavy (non-hydrogen) atoms. The predicted molar refractivity (Wildman–Crippen MR) is 60.1 cm³/mol. The van der Waals surface area contributed by atoms with E-state index < -0.39 is 0 Å². The van der Waals surface area contributed by atoms with Gasteiger partial charge in [-0.2, -0.15) is 0 Å². The molecule has 2 heteroatoms. The first kappa shape index (κ1) is 9.46. The van der Waals surface area contributed by atoms with Crippen LogP contribution in [0.3, 0.4) is 0 Å². The molecule has 1 fully saturated rings. The normalized spacial score (nSPS) is 33.9. The van der Waals surface area contributed by atoms with Crippen LogP contribution in [0.2, 0.25) is 0 Å². The number of rotatable bonds is 1. The van der Waals surface area contributed by atoms with E-state index in [1.54, 1.807) is 0 Å². The topological polar surface area (TPSA) is 25.2 Å². The second kappa shape index (κ2) is 3.11. The van der Waals surface area contributed by atoms with Crippen LogP contribution < -0.4 is 5.32 Å². The summed E-state index contributed by atoms with van der Waals surface area (Å²) in [5, 5.41) is 3.51. The summed E-state index contributed by atoms with van der Waals surface area (Å²) >= 11 is 0. The van der Waals surface area contributed by atoms with Crippen molar-refractivity contribution in [1.82, 2.24) is 5.32 Å². The van der Waals surface area contributed by atoms with Crippen LogP contribution in [0.4, 0.5) is 0 Å². The van der Waals surface area contributed by atoms with E-state index in [0.717, 1.165) is 37.6 Å². The maximum atomic E-state index is 5.90. The van der Waals surface area contributed by atoms with Gasteiger partial charge in [-0.15, -0.1) is 0 Å². The third kappa shape index (κ3) is 1.14. The van der Waals surface area contributed by atoms with Crippen LogP contribution in [-0.2, 0) is 18.3 Å². The first-order valence-corrected chi connectivity index (χ1v) is 6.09. The SMILES string of the molecule is CCc1cc2c(o1)CC(C)C21CCNC1. The van der Waals surface area contributed by atoms with Gasteiger partial charge in [-0.05, 0) is 24.9 Å². The number of hydrogen-bond donors (Lipinski definition) is 1. The molecule has 1 saturated heterocycles. The van der Waals surface area contributed by atoms with Crippen LogP contribution in [0, 0.1) is 5.92 Å². The summed E-state index contributed by atoms with van der Waals surface area (Å²) < 4.78 is 5.90. The summed E-state index contributed by atoms with van der Waals surface area (Å²) in [6, 6.07) is 2.31. The maximum Gasteiger partial charge on any atom is 0.108 e. The zero-order chi connectivity index (χ0) is 10.5. The van der Waals surface area contributed by atoms with Gasteiger partial charge in [-0.25, -0.2) is 0 Å². The lowest BCUT2D eigenvalue weighted by Crippen LogP contribution is -2.32. The molecule has 82 valence electrons. The summed E-state index contributed by atoms with van der Waals surface area (Å²) in [5.41, 5.74) is 1.91. The van der Waals surface area contributed by atoms with Gasteiger partial charge < -0.3 is 9.73 Å². The average Bonchev–Trinajstić information content (AvgIpc) is 2.86. The fourth-order valence-corrected chi connectivity index (χ4v) is 3.33. The van der Waals surface area contributed by atoms with E-state index in [4.69, 9.17) is 4.42 Å². The van der Waals surface area contributed by atoms with Gasteiger partial charge in [0.05, 0.1) is 0 Å². The standard InChI is InChI=1S/C13H19NO/c1-3-10-7-11-12(15-10)6-9(2)13(11)4-5-14-8-13/h7,9,14H,3-6,8H2,1-2H3. The van der Waals surface area contributed by atoms with E-state index in [-0.39, 0.29) is 0 Å². The number of hydrogen-bond acceptors (Lipinski definition) is 2.